The third-order valence-electron chi connectivity index (χ3n) is 3.32. The molecule has 0 saturated carbocycles. The normalized spacial score (nSPS) is 13.2. The third kappa shape index (κ3) is 3.65. The van der Waals surface area contributed by atoms with E-state index in [9.17, 15) is 0 Å². The summed E-state index contributed by atoms with van der Waals surface area (Å²) in [4.78, 5) is 4.66. The van der Waals surface area contributed by atoms with E-state index in [0.29, 0.717) is 0 Å². The lowest BCUT2D eigenvalue weighted by Crippen LogP contribution is -2.01. The van der Waals surface area contributed by atoms with Crippen molar-refractivity contribution in [2.24, 2.45) is 0 Å². The van der Waals surface area contributed by atoms with Gasteiger partial charge in [0.1, 0.15) is 0 Å². The second-order valence-electron chi connectivity index (χ2n) is 4.79. The zero-order valence-corrected chi connectivity index (χ0v) is 11.9. The fraction of sp³-hybridized carbons (Fsp3) is 0.353. The van der Waals surface area contributed by atoms with Crippen LogP contribution in [0.2, 0.25) is 0 Å². The molecule has 0 aliphatic heterocycles. The molecular formula is C17H21NO. The molecule has 0 bridgehead atoms. The standard InChI is InChI=1S/C17H21NO/c1-4-16-11-10-15-9-8-14(12-17(15)18-16)7-5-6-13(2)19-3/h5,7-13H,4,6H2,1-3H3/b7-5+. The first kappa shape index (κ1) is 13.8. The molecule has 1 heterocycles. The van der Waals surface area contributed by atoms with Gasteiger partial charge in [-0.1, -0.05) is 37.3 Å². The molecule has 2 rings (SSSR count). The van der Waals surface area contributed by atoms with E-state index in [2.05, 4.69) is 61.3 Å². The number of ether oxygens (including phenoxy) is 1. The van der Waals surface area contributed by atoms with Gasteiger partial charge in [0.2, 0.25) is 0 Å². The van der Waals surface area contributed by atoms with Gasteiger partial charge in [-0.05, 0) is 37.5 Å². The van der Waals surface area contributed by atoms with E-state index < -0.39 is 0 Å². The van der Waals surface area contributed by atoms with Crippen LogP contribution in [0.4, 0.5) is 0 Å². The van der Waals surface area contributed by atoms with Crippen molar-refractivity contribution in [3.63, 3.8) is 0 Å². The fourth-order valence-electron chi connectivity index (χ4n) is 1.97. The summed E-state index contributed by atoms with van der Waals surface area (Å²) in [6.07, 6.45) is 6.45. The van der Waals surface area contributed by atoms with Gasteiger partial charge in [0.25, 0.3) is 0 Å². The summed E-state index contributed by atoms with van der Waals surface area (Å²) in [7, 11) is 1.74. The van der Waals surface area contributed by atoms with Crippen molar-refractivity contribution in [1.82, 2.24) is 4.98 Å². The molecule has 0 aliphatic carbocycles. The largest absolute Gasteiger partial charge is 0.381 e. The Morgan fingerprint density at radius 1 is 1.26 bits per heavy atom. The molecule has 1 aromatic heterocycles. The molecule has 1 aromatic carbocycles. The Balaban J connectivity index is 2.20. The van der Waals surface area contributed by atoms with Crippen molar-refractivity contribution in [3.05, 3.63) is 47.7 Å². The van der Waals surface area contributed by atoms with Gasteiger partial charge >= 0.3 is 0 Å². The summed E-state index contributed by atoms with van der Waals surface area (Å²) < 4.78 is 5.23. The number of rotatable bonds is 5. The van der Waals surface area contributed by atoms with Crippen molar-refractivity contribution in [3.8, 4) is 0 Å². The molecule has 0 radical (unpaired) electrons. The number of benzene rings is 1. The van der Waals surface area contributed by atoms with E-state index >= 15 is 0 Å². The fourth-order valence-corrected chi connectivity index (χ4v) is 1.97. The van der Waals surface area contributed by atoms with Crippen LogP contribution in [0, 0.1) is 0 Å². The van der Waals surface area contributed by atoms with Crippen LogP contribution in [0.25, 0.3) is 17.0 Å². The monoisotopic (exact) mass is 255 g/mol. The number of methoxy groups -OCH3 is 1. The first-order valence-corrected chi connectivity index (χ1v) is 6.82. The Kier molecular flexibility index (Phi) is 4.69. The van der Waals surface area contributed by atoms with Crippen LogP contribution in [-0.4, -0.2) is 18.2 Å². The highest BCUT2D eigenvalue weighted by Crippen LogP contribution is 2.16. The Bertz CT molecular complexity index is 574. The summed E-state index contributed by atoms with van der Waals surface area (Å²) in [6, 6.07) is 10.6. The van der Waals surface area contributed by atoms with Crippen LogP contribution < -0.4 is 0 Å². The molecule has 100 valence electrons. The highest BCUT2D eigenvalue weighted by atomic mass is 16.5. The summed E-state index contributed by atoms with van der Waals surface area (Å²) in [5, 5.41) is 1.19. The van der Waals surface area contributed by atoms with E-state index in [0.717, 1.165) is 24.1 Å². The van der Waals surface area contributed by atoms with Gasteiger partial charge < -0.3 is 4.74 Å². The van der Waals surface area contributed by atoms with Crippen molar-refractivity contribution in [1.29, 1.82) is 0 Å². The van der Waals surface area contributed by atoms with E-state index in [4.69, 9.17) is 4.74 Å². The Hall–Kier alpha value is -1.67. The lowest BCUT2D eigenvalue weighted by Gasteiger charge is -2.05. The molecule has 2 aromatic rings. The van der Waals surface area contributed by atoms with Crippen LogP contribution in [0.15, 0.2) is 36.4 Å². The summed E-state index contributed by atoms with van der Waals surface area (Å²) in [6.45, 7) is 4.20. The number of hydrogen-bond acceptors (Lipinski definition) is 2. The Labute approximate surface area is 115 Å². The maximum absolute atomic E-state index is 5.23. The van der Waals surface area contributed by atoms with E-state index in [1.165, 1.54) is 10.9 Å². The second kappa shape index (κ2) is 6.48. The Morgan fingerprint density at radius 2 is 2.05 bits per heavy atom. The predicted molar refractivity (Wildman–Crippen MR) is 81.2 cm³/mol. The van der Waals surface area contributed by atoms with Crippen LogP contribution in [0.3, 0.4) is 0 Å². The molecule has 0 N–H and O–H groups in total. The molecule has 1 atom stereocenters. The zero-order valence-electron chi connectivity index (χ0n) is 11.9. The molecule has 0 aliphatic rings. The van der Waals surface area contributed by atoms with Crippen molar-refractivity contribution in [2.45, 2.75) is 32.8 Å². The number of nitrogens with zero attached hydrogens (tertiary/aromatic N) is 1. The summed E-state index contributed by atoms with van der Waals surface area (Å²) in [5.74, 6) is 0. The summed E-state index contributed by atoms with van der Waals surface area (Å²) in [5.41, 5.74) is 3.40. The third-order valence-corrected chi connectivity index (χ3v) is 3.32. The quantitative estimate of drug-likeness (QED) is 0.797. The number of aryl methyl sites for hydroxylation is 1. The van der Waals surface area contributed by atoms with Gasteiger partial charge in [0, 0.05) is 18.2 Å². The summed E-state index contributed by atoms with van der Waals surface area (Å²) >= 11 is 0. The van der Waals surface area contributed by atoms with E-state index in [1.54, 1.807) is 7.11 Å². The topological polar surface area (TPSA) is 22.1 Å². The van der Waals surface area contributed by atoms with Crippen molar-refractivity contribution in [2.75, 3.05) is 7.11 Å². The second-order valence-corrected chi connectivity index (χ2v) is 4.79. The molecule has 2 nitrogen and oxygen atoms in total. The maximum Gasteiger partial charge on any atom is 0.0711 e. The van der Waals surface area contributed by atoms with E-state index in [1.807, 2.05) is 0 Å². The van der Waals surface area contributed by atoms with Crippen LogP contribution >= 0.6 is 0 Å². The highest BCUT2D eigenvalue weighted by molar-refractivity contribution is 5.81. The molecule has 0 spiro atoms. The van der Waals surface area contributed by atoms with E-state index in [-0.39, 0.29) is 6.10 Å². The number of pyridine rings is 1. The van der Waals surface area contributed by atoms with Crippen LogP contribution in [0.1, 0.15) is 31.5 Å². The first-order valence-electron chi connectivity index (χ1n) is 6.82. The number of aromatic nitrogens is 1. The smallest absolute Gasteiger partial charge is 0.0711 e. The van der Waals surface area contributed by atoms with Crippen molar-refractivity contribution < 1.29 is 4.74 Å². The lowest BCUT2D eigenvalue weighted by molar-refractivity contribution is 0.121. The predicted octanol–water partition coefficient (Wildman–Crippen LogP) is 4.24. The molecule has 0 amide bonds. The average molecular weight is 255 g/mol. The molecule has 2 heteroatoms. The van der Waals surface area contributed by atoms with Crippen molar-refractivity contribution >= 4 is 17.0 Å². The molecule has 0 saturated heterocycles. The molecule has 19 heavy (non-hydrogen) atoms. The number of hydrogen-bond donors (Lipinski definition) is 0. The lowest BCUT2D eigenvalue weighted by atomic mass is 10.1. The molecular weight excluding hydrogens is 234 g/mol. The average Bonchev–Trinajstić information content (AvgIpc) is 2.46. The van der Waals surface area contributed by atoms with Crippen LogP contribution in [-0.2, 0) is 11.2 Å². The molecule has 0 fully saturated rings. The first-order chi connectivity index (χ1) is 9.22. The Morgan fingerprint density at radius 3 is 2.79 bits per heavy atom. The SMILES string of the molecule is CCc1ccc2ccc(/C=C/CC(C)OC)cc2n1. The highest BCUT2D eigenvalue weighted by Gasteiger charge is 1.98. The number of fused-ring (bicyclic) bond motifs is 1. The molecule has 1 unspecified atom stereocenters. The van der Waals surface area contributed by atoms with Gasteiger partial charge in [0.05, 0.1) is 11.6 Å². The minimum atomic E-state index is 0.265. The maximum atomic E-state index is 5.23. The minimum Gasteiger partial charge on any atom is -0.381 e. The zero-order chi connectivity index (χ0) is 13.7. The van der Waals surface area contributed by atoms with Gasteiger partial charge in [-0.2, -0.15) is 0 Å². The van der Waals surface area contributed by atoms with Crippen LogP contribution in [0.5, 0.6) is 0 Å². The van der Waals surface area contributed by atoms with Gasteiger partial charge in [0.15, 0.2) is 0 Å². The van der Waals surface area contributed by atoms with Gasteiger partial charge in [-0.3, -0.25) is 4.98 Å². The van der Waals surface area contributed by atoms with Gasteiger partial charge in [-0.15, -0.1) is 0 Å². The van der Waals surface area contributed by atoms with Gasteiger partial charge in [-0.25, -0.2) is 0 Å². The minimum absolute atomic E-state index is 0.265.